The molecule has 21 heavy (non-hydrogen) atoms. The molecule has 0 N–H and O–H groups in total. The zero-order chi connectivity index (χ0) is 14.8. The molecule has 0 atom stereocenters. The summed E-state index contributed by atoms with van der Waals surface area (Å²) in [6.07, 6.45) is 3.06. The van der Waals surface area contributed by atoms with Crippen molar-refractivity contribution in [3.63, 3.8) is 0 Å². The van der Waals surface area contributed by atoms with Gasteiger partial charge in [-0.25, -0.2) is 0 Å². The molecule has 5 nitrogen and oxygen atoms in total. The summed E-state index contributed by atoms with van der Waals surface area (Å²) in [6.45, 7) is 1.43. The fourth-order valence-corrected chi connectivity index (χ4v) is 1.94. The lowest BCUT2D eigenvalue weighted by molar-refractivity contribution is -0.118. The number of Topliss-reactive ketones (excluding diaryl/α,β-unsaturated/α-hetero) is 2. The first kappa shape index (κ1) is 13.2. The van der Waals surface area contributed by atoms with Gasteiger partial charge >= 0.3 is 0 Å². The Morgan fingerprint density at radius 1 is 1.33 bits per heavy atom. The van der Waals surface area contributed by atoms with E-state index in [0.29, 0.717) is 22.8 Å². The molecule has 5 heteroatoms. The SMILES string of the molecule is CC(=O)COc1ccc2c(c1)OC(=Cc1ccco1)C2=O. The number of hydrogen-bond donors (Lipinski definition) is 0. The molecular formula is C16H12O5. The van der Waals surface area contributed by atoms with Gasteiger partial charge in [0.15, 0.2) is 11.5 Å². The Kier molecular flexibility index (Phi) is 3.31. The van der Waals surface area contributed by atoms with Crippen LogP contribution in [0.3, 0.4) is 0 Å². The summed E-state index contributed by atoms with van der Waals surface area (Å²) in [5.74, 6) is 1.35. The maximum Gasteiger partial charge on any atom is 0.232 e. The van der Waals surface area contributed by atoms with E-state index in [1.165, 1.54) is 13.2 Å². The normalized spacial score (nSPS) is 14.9. The second-order valence-electron chi connectivity index (χ2n) is 4.60. The lowest BCUT2D eigenvalue weighted by Crippen LogP contribution is -2.06. The zero-order valence-electron chi connectivity index (χ0n) is 11.3. The van der Waals surface area contributed by atoms with Crippen molar-refractivity contribution in [3.8, 4) is 11.5 Å². The first-order valence-electron chi connectivity index (χ1n) is 6.37. The number of carbonyl (C=O) groups excluding carboxylic acids is 2. The number of carbonyl (C=O) groups is 2. The van der Waals surface area contributed by atoms with Crippen LogP contribution in [0.2, 0.25) is 0 Å². The maximum absolute atomic E-state index is 12.2. The van der Waals surface area contributed by atoms with Gasteiger partial charge < -0.3 is 13.9 Å². The van der Waals surface area contributed by atoms with Crippen LogP contribution in [0, 0.1) is 0 Å². The number of fused-ring (bicyclic) bond motifs is 1. The molecule has 106 valence electrons. The highest BCUT2D eigenvalue weighted by Gasteiger charge is 2.28. The number of ether oxygens (including phenoxy) is 2. The van der Waals surface area contributed by atoms with Crippen molar-refractivity contribution in [2.75, 3.05) is 6.61 Å². The molecule has 1 aliphatic heterocycles. The van der Waals surface area contributed by atoms with Gasteiger partial charge in [0.1, 0.15) is 23.9 Å². The van der Waals surface area contributed by atoms with Gasteiger partial charge in [0.05, 0.1) is 11.8 Å². The van der Waals surface area contributed by atoms with Crippen LogP contribution in [0.15, 0.2) is 46.8 Å². The molecule has 0 radical (unpaired) electrons. The van der Waals surface area contributed by atoms with Gasteiger partial charge in [0.2, 0.25) is 5.78 Å². The van der Waals surface area contributed by atoms with E-state index in [1.54, 1.807) is 36.4 Å². The second-order valence-corrected chi connectivity index (χ2v) is 4.60. The third-order valence-electron chi connectivity index (χ3n) is 2.90. The highest BCUT2D eigenvalue weighted by molar-refractivity contribution is 6.14. The molecule has 1 aromatic carbocycles. The van der Waals surface area contributed by atoms with Crippen LogP contribution in [0.4, 0.5) is 0 Å². The minimum absolute atomic E-state index is 0.0121. The van der Waals surface area contributed by atoms with Gasteiger partial charge in [0, 0.05) is 12.1 Å². The van der Waals surface area contributed by atoms with Gasteiger partial charge in [-0.3, -0.25) is 9.59 Å². The predicted octanol–water partition coefficient (Wildman–Crippen LogP) is 2.86. The molecule has 0 aliphatic carbocycles. The predicted molar refractivity (Wildman–Crippen MR) is 74.3 cm³/mol. The Bertz CT molecular complexity index is 725. The molecule has 0 amide bonds. The van der Waals surface area contributed by atoms with Crippen LogP contribution in [-0.4, -0.2) is 18.2 Å². The standard InChI is InChI=1S/C16H12O5/c1-10(17)9-20-12-4-5-13-14(7-12)21-15(16(13)18)8-11-3-2-6-19-11/h2-8H,9H2,1H3. The fraction of sp³-hybridized carbons (Fsp3) is 0.125. The van der Waals surface area contributed by atoms with E-state index in [9.17, 15) is 9.59 Å². The lowest BCUT2D eigenvalue weighted by Gasteiger charge is -2.04. The second kappa shape index (κ2) is 5.28. The number of allylic oxidation sites excluding steroid dienone is 1. The third-order valence-corrected chi connectivity index (χ3v) is 2.90. The summed E-state index contributed by atoms with van der Waals surface area (Å²) in [6, 6.07) is 8.31. The first-order valence-corrected chi connectivity index (χ1v) is 6.37. The van der Waals surface area contributed by atoms with Crippen molar-refractivity contribution < 1.29 is 23.5 Å². The molecule has 0 unspecified atom stereocenters. The van der Waals surface area contributed by atoms with Crippen LogP contribution in [-0.2, 0) is 4.79 Å². The molecule has 0 spiro atoms. The Morgan fingerprint density at radius 2 is 2.19 bits per heavy atom. The Labute approximate surface area is 120 Å². The Morgan fingerprint density at radius 3 is 2.90 bits per heavy atom. The molecule has 0 fully saturated rings. The van der Waals surface area contributed by atoms with Crippen LogP contribution in [0.1, 0.15) is 23.0 Å². The highest BCUT2D eigenvalue weighted by atomic mass is 16.5. The smallest absolute Gasteiger partial charge is 0.232 e. The molecular weight excluding hydrogens is 272 g/mol. The van der Waals surface area contributed by atoms with Gasteiger partial charge in [-0.2, -0.15) is 0 Å². The average Bonchev–Trinajstić information content (AvgIpc) is 3.06. The summed E-state index contributed by atoms with van der Waals surface area (Å²) >= 11 is 0. The summed E-state index contributed by atoms with van der Waals surface area (Å²) in [4.78, 5) is 23.1. The lowest BCUT2D eigenvalue weighted by atomic mass is 10.1. The van der Waals surface area contributed by atoms with E-state index in [-0.39, 0.29) is 23.9 Å². The molecule has 0 bridgehead atoms. The monoisotopic (exact) mass is 284 g/mol. The van der Waals surface area contributed by atoms with Crippen LogP contribution < -0.4 is 9.47 Å². The average molecular weight is 284 g/mol. The minimum atomic E-state index is -0.209. The van der Waals surface area contributed by atoms with Crippen molar-refractivity contribution in [2.24, 2.45) is 0 Å². The number of benzene rings is 1. The van der Waals surface area contributed by atoms with Crippen LogP contribution >= 0.6 is 0 Å². The summed E-state index contributed by atoms with van der Waals surface area (Å²) < 4.78 is 16.0. The molecule has 2 aromatic rings. The van der Waals surface area contributed by atoms with Gasteiger partial charge in [-0.05, 0) is 31.2 Å². The van der Waals surface area contributed by atoms with E-state index in [1.807, 2.05) is 0 Å². The van der Waals surface area contributed by atoms with Crippen molar-refractivity contribution >= 4 is 17.6 Å². The van der Waals surface area contributed by atoms with Crippen molar-refractivity contribution in [1.29, 1.82) is 0 Å². The highest BCUT2D eigenvalue weighted by Crippen LogP contribution is 2.34. The first-order chi connectivity index (χ1) is 10.1. The molecule has 2 heterocycles. The van der Waals surface area contributed by atoms with E-state index in [4.69, 9.17) is 13.9 Å². The van der Waals surface area contributed by atoms with Gasteiger partial charge in [0.25, 0.3) is 0 Å². The fourth-order valence-electron chi connectivity index (χ4n) is 1.94. The van der Waals surface area contributed by atoms with E-state index in [2.05, 4.69) is 0 Å². The number of hydrogen-bond acceptors (Lipinski definition) is 5. The molecule has 1 aromatic heterocycles. The van der Waals surface area contributed by atoms with Crippen LogP contribution in [0.5, 0.6) is 11.5 Å². The Balaban J connectivity index is 1.84. The van der Waals surface area contributed by atoms with E-state index < -0.39 is 0 Å². The topological polar surface area (TPSA) is 65.7 Å². The van der Waals surface area contributed by atoms with E-state index in [0.717, 1.165) is 0 Å². The molecule has 0 saturated heterocycles. The van der Waals surface area contributed by atoms with Crippen molar-refractivity contribution in [2.45, 2.75) is 6.92 Å². The quantitative estimate of drug-likeness (QED) is 0.808. The van der Waals surface area contributed by atoms with Crippen molar-refractivity contribution in [3.05, 3.63) is 53.7 Å². The van der Waals surface area contributed by atoms with E-state index >= 15 is 0 Å². The minimum Gasteiger partial charge on any atom is -0.486 e. The zero-order valence-corrected chi connectivity index (χ0v) is 11.3. The number of ketones is 2. The summed E-state index contributed by atoms with van der Waals surface area (Å²) in [7, 11) is 0. The maximum atomic E-state index is 12.2. The summed E-state index contributed by atoms with van der Waals surface area (Å²) in [5.41, 5.74) is 0.461. The van der Waals surface area contributed by atoms with Gasteiger partial charge in [-0.15, -0.1) is 0 Å². The number of furan rings is 1. The third kappa shape index (κ3) is 2.72. The van der Waals surface area contributed by atoms with Crippen molar-refractivity contribution in [1.82, 2.24) is 0 Å². The largest absolute Gasteiger partial charge is 0.486 e. The number of rotatable bonds is 4. The molecule has 1 aliphatic rings. The van der Waals surface area contributed by atoms with Gasteiger partial charge in [-0.1, -0.05) is 0 Å². The summed E-state index contributed by atoms with van der Waals surface area (Å²) in [5, 5.41) is 0. The molecule has 3 rings (SSSR count). The van der Waals surface area contributed by atoms with Crippen LogP contribution in [0.25, 0.3) is 6.08 Å². The Hall–Kier alpha value is -2.82. The molecule has 0 saturated carbocycles.